The molecule has 1 aromatic rings. The Balaban J connectivity index is 1.92. The number of rotatable bonds is 3. The van der Waals surface area contributed by atoms with Crippen molar-refractivity contribution in [2.75, 3.05) is 0 Å². The van der Waals surface area contributed by atoms with E-state index < -0.39 is 0 Å². The number of ether oxygens (including phenoxy) is 1. The highest BCUT2D eigenvalue weighted by Crippen LogP contribution is 2.22. The third kappa shape index (κ3) is 3.93. The smallest absolute Gasteiger partial charge is 0.225 e. The van der Waals surface area contributed by atoms with E-state index in [9.17, 15) is 0 Å². The van der Waals surface area contributed by atoms with E-state index in [-0.39, 0.29) is 11.8 Å². The molecule has 0 aliphatic carbocycles. The van der Waals surface area contributed by atoms with Crippen molar-refractivity contribution in [3.05, 3.63) is 47.7 Å². The predicted octanol–water partition coefficient (Wildman–Crippen LogP) is 3.36. The molecule has 3 nitrogen and oxygen atoms in total. The van der Waals surface area contributed by atoms with Gasteiger partial charge in [0.1, 0.15) is 0 Å². The molecule has 0 bridgehead atoms. The largest absolute Gasteiger partial charge is 0.348 e. The van der Waals surface area contributed by atoms with Crippen LogP contribution in [0.2, 0.25) is 0 Å². The molecule has 19 heavy (non-hydrogen) atoms. The molecule has 0 spiro atoms. The van der Waals surface area contributed by atoms with Crippen LogP contribution in [-0.4, -0.2) is 12.1 Å². The average molecular weight is 258 g/mol. The summed E-state index contributed by atoms with van der Waals surface area (Å²) in [6, 6.07) is 8.58. The number of allylic oxidation sites excluding steroid dienone is 1. The summed E-state index contributed by atoms with van der Waals surface area (Å²) < 4.78 is 5.72. The lowest BCUT2D eigenvalue weighted by Crippen LogP contribution is -2.29. The van der Waals surface area contributed by atoms with E-state index in [1.54, 1.807) is 0 Å². The molecule has 1 atom stereocenters. The molecule has 0 aromatic heterocycles. The molecule has 1 unspecified atom stereocenters. The van der Waals surface area contributed by atoms with E-state index in [1.165, 1.54) is 5.56 Å². The maximum Gasteiger partial charge on any atom is 0.225 e. The van der Waals surface area contributed by atoms with Gasteiger partial charge in [-0.3, -0.25) is 0 Å². The van der Waals surface area contributed by atoms with Crippen molar-refractivity contribution in [1.82, 2.24) is 5.32 Å². The Morgan fingerprint density at radius 2 is 1.89 bits per heavy atom. The van der Waals surface area contributed by atoms with Gasteiger partial charge in [-0.2, -0.15) is 0 Å². The fourth-order valence-corrected chi connectivity index (χ4v) is 1.88. The Kier molecular flexibility index (Phi) is 4.05. The number of benzene rings is 1. The fourth-order valence-electron chi connectivity index (χ4n) is 1.88. The zero-order valence-corrected chi connectivity index (χ0v) is 12.1. The van der Waals surface area contributed by atoms with Crippen LogP contribution in [0.15, 0.2) is 41.5 Å². The molecule has 0 saturated carbocycles. The van der Waals surface area contributed by atoms with Crippen LogP contribution in [0, 0.1) is 0 Å². The third-order valence-electron chi connectivity index (χ3n) is 3.11. The van der Waals surface area contributed by atoms with Crippen molar-refractivity contribution in [2.24, 2.45) is 4.99 Å². The minimum atomic E-state index is -0.271. The number of nitrogens with zero attached hydrogens (tertiary/aromatic N) is 1. The van der Waals surface area contributed by atoms with Crippen LogP contribution in [0.4, 0.5) is 0 Å². The summed E-state index contributed by atoms with van der Waals surface area (Å²) in [6.45, 7) is 9.18. The molecule has 102 valence electrons. The molecule has 1 aliphatic heterocycles. The Morgan fingerprint density at radius 3 is 2.47 bits per heavy atom. The summed E-state index contributed by atoms with van der Waals surface area (Å²) in [5.74, 6) is 0. The van der Waals surface area contributed by atoms with E-state index in [4.69, 9.17) is 4.74 Å². The molecule has 2 rings (SSSR count). The first-order chi connectivity index (χ1) is 8.95. The van der Waals surface area contributed by atoms with Gasteiger partial charge in [0.2, 0.25) is 6.35 Å². The van der Waals surface area contributed by atoms with Crippen molar-refractivity contribution in [3.63, 3.8) is 0 Å². The van der Waals surface area contributed by atoms with Gasteiger partial charge < -0.3 is 10.1 Å². The Morgan fingerprint density at radius 1 is 1.21 bits per heavy atom. The Hall–Kier alpha value is -1.61. The van der Waals surface area contributed by atoms with Crippen LogP contribution in [0.1, 0.15) is 38.8 Å². The van der Waals surface area contributed by atoms with Gasteiger partial charge in [0.05, 0.1) is 6.61 Å². The van der Waals surface area contributed by atoms with E-state index >= 15 is 0 Å². The van der Waals surface area contributed by atoms with Crippen molar-refractivity contribution in [3.8, 4) is 0 Å². The van der Waals surface area contributed by atoms with Crippen LogP contribution >= 0.6 is 0 Å². The van der Waals surface area contributed by atoms with Gasteiger partial charge in [0, 0.05) is 11.9 Å². The normalized spacial score (nSPS) is 18.9. The zero-order valence-electron chi connectivity index (χ0n) is 12.1. The van der Waals surface area contributed by atoms with Crippen molar-refractivity contribution in [1.29, 1.82) is 0 Å². The summed E-state index contributed by atoms with van der Waals surface area (Å²) in [5, 5.41) is 3.07. The van der Waals surface area contributed by atoms with Crippen LogP contribution in [0.5, 0.6) is 0 Å². The number of aliphatic imine (C=N–C) groups is 1. The zero-order chi connectivity index (χ0) is 13.9. The van der Waals surface area contributed by atoms with E-state index in [2.05, 4.69) is 55.3 Å². The SMILES string of the molecule is CC1=NC(OCc2ccc(C(C)(C)C)cc2)NC=C1. The maximum absolute atomic E-state index is 5.72. The Labute approximate surface area is 115 Å². The molecule has 0 fully saturated rings. The second kappa shape index (κ2) is 5.57. The monoisotopic (exact) mass is 258 g/mol. The molecule has 1 heterocycles. The third-order valence-corrected chi connectivity index (χ3v) is 3.11. The van der Waals surface area contributed by atoms with Crippen LogP contribution in [-0.2, 0) is 16.8 Å². The first-order valence-corrected chi connectivity index (χ1v) is 6.63. The first kappa shape index (κ1) is 13.8. The quantitative estimate of drug-likeness (QED) is 0.902. The van der Waals surface area contributed by atoms with Crippen LogP contribution in [0.25, 0.3) is 0 Å². The molecular weight excluding hydrogens is 236 g/mol. The molecular formula is C16H22N2O. The molecule has 1 aromatic carbocycles. The minimum Gasteiger partial charge on any atom is -0.348 e. The summed E-state index contributed by atoms with van der Waals surface area (Å²) in [6.07, 6.45) is 3.53. The van der Waals surface area contributed by atoms with Crippen molar-refractivity contribution >= 4 is 5.71 Å². The molecule has 1 aliphatic rings. The standard InChI is InChI=1S/C16H22N2O/c1-12-9-10-17-15(18-12)19-11-13-5-7-14(8-6-13)16(2,3)4/h5-10,15,17H,11H2,1-4H3. The lowest BCUT2D eigenvalue weighted by Gasteiger charge is -2.20. The summed E-state index contributed by atoms with van der Waals surface area (Å²) >= 11 is 0. The van der Waals surface area contributed by atoms with E-state index in [1.807, 2.05) is 19.2 Å². The predicted molar refractivity (Wildman–Crippen MR) is 79.1 cm³/mol. The molecule has 1 N–H and O–H groups in total. The van der Waals surface area contributed by atoms with E-state index in [0.717, 1.165) is 11.3 Å². The van der Waals surface area contributed by atoms with Gasteiger partial charge in [-0.05, 0) is 29.5 Å². The topological polar surface area (TPSA) is 33.6 Å². The van der Waals surface area contributed by atoms with Crippen molar-refractivity contribution < 1.29 is 4.74 Å². The number of hydrogen-bond donors (Lipinski definition) is 1. The highest BCUT2D eigenvalue weighted by atomic mass is 16.5. The molecule has 0 saturated heterocycles. The van der Waals surface area contributed by atoms with Crippen molar-refractivity contribution in [2.45, 2.75) is 46.1 Å². The van der Waals surface area contributed by atoms with Gasteiger partial charge in [0.15, 0.2) is 0 Å². The van der Waals surface area contributed by atoms with Gasteiger partial charge >= 0.3 is 0 Å². The lowest BCUT2D eigenvalue weighted by molar-refractivity contribution is 0.0322. The van der Waals surface area contributed by atoms with Gasteiger partial charge in [-0.25, -0.2) is 4.99 Å². The van der Waals surface area contributed by atoms with E-state index in [0.29, 0.717) is 6.61 Å². The lowest BCUT2D eigenvalue weighted by atomic mass is 9.87. The highest BCUT2D eigenvalue weighted by molar-refractivity contribution is 5.93. The maximum atomic E-state index is 5.72. The Bertz CT molecular complexity index is 480. The summed E-state index contributed by atoms with van der Waals surface area (Å²) in [5.41, 5.74) is 3.67. The average Bonchev–Trinajstić information content (AvgIpc) is 2.36. The van der Waals surface area contributed by atoms with Crippen LogP contribution in [0.3, 0.4) is 0 Å². The summed E-state index contributed by atoms with van der Waals surface area (Å²) in [4.78, 5) is 4.35. The fraction of sp³-hybridized carbons (Fsp3) is 0.438. The number of nitrogens with one attached hydrogen (secondary N) is 1. The molecule has 3 heteroatoms. The van der Waals surface area contributed by atoms with Gasteiger partial charge in [-0.15, -0.1) is 0 Å². The highest BCUT2D eigenvalue weighted by Gasteiger charge is 2.13. The number of hydrogen-bond acceptors (Lipinski definition) is 3. The second-order valence-electron chi connectivity index (χ2n) is 5.88. The molecule has 0 amide bonds. The summed E-state index contributed by atoms with van der Waals surface area (Å²) in [7, 11) is 0. The first-order valence-electron chi connectivity index (χ1n) is 6.63. The molecule has 0 radical (unpaired) electrons. The van der Waals surface area contributed by atoms with Crippen LogP contribution < -0.4 is 5.32 Å². The van der Waals surface area contributed by atoms with Gasteiger partial charge in [0.25, 0.3) is 0 Å². The second-order valence-corrected chi connectivity index (χ2v) is 5.88. The van der Waals surface area contributed by atoms with Gasteiger partial charge in [-0.1, -0.05) is 45.0 Å². The minimum absolute atomic E-state index is 0.191.